The first-order chi connectivity index (χ1) is 36.1. The van der Waals surface area contributed by atoms with E-state index < -0.39 is 58.2 Å². The molecule has 1 heterocycles. The Hall–Kier alpha value is -2.65. The maximum absolute atomic E-state index is 9.90. The van der Waals surface area contributed by atoms with Crippen LogP contribution in [0.2, 0.25) is 78.6 Å². The van der Waals surface area contributed by atoms with Crippen LogP contribution in [0.15, 0.2) is 114 Å². The van der Waals surface area contributed by atoms with E-state index in [2.05, 4.69) is 249 Å². The monoisotopic (exact) mass is 1240 g/mol. The summed E-state index contributed by atoms with van der Waals surface area (Å²) in [6.45, 7) is 49.6. The van der Waals surface area contributed by atoms with Gasteiger partial charge in [-0.25, -0.2) is 0 Å². The van der Waals surface area contributed by atoms with Crippen molar-refractivity contribution in [2.24, 2.45) is 0 Å². The summed E-state index contributed by atoms with van der Waals surface area (Å²) in [6.07, 6.45) is 11.7. The minimum absolute atomic E-state index is 0.101. The number of benzene rings is 6. The second kappa shape index (κ2) is 20.9. The molecule has 9 rings (SSSR count). The molecule has 6 aromatic rings. The summed E-state index contributed by atoms with van der Waals surface area (Å²) in [4.78, 5) is 0. The van der Waals surface area contributed by atoms with Crippen molar-refractivity contribution in [2.75, 3.05) is 0 Å². The Morgan fingerprint density at radius 1 is 0.474 bits per heavy atom. The zero-order valence-electron chi connectivity index (χ0n) is 51.8. The number of halogens is 2. The molecule has 0 nitrogen and oxygen atoms in total. The van der Waals surface area contributed by atoms with Crippen LogP contribution in [0.4, 0.5) is 0 Å². The zero-order chi connectivity index (χ0) is 57.1. The molecule has 0 amide bonds. The van der Waals surface area contributed by atoms with Gasteiger partial charge in [0.15, 0.2) is 0 Å². The molecule has 0 N–H and O–H groups in total. The van der Waals surface area contributed by atoms with Crippen LogP contribution in [0.1, 0.15) is 135 Å². The number of hydrogen-bond acceptors (Lipinski definition) is 0. The molecule has 2 atom stereocenters. The molecule has 413 valence electrons. The quantitative estimate of drug-likeness (QED) is 0.0898. The number of allylic oxidation sites excluding steroid dienone is 2. The third kappa shape index (κ3) is 10.8. The molecular weight excluding hydrogens is 1140 g/mol. The van der Waals surface area contributed by atoms with Crippen LogP contribution < -0.4 is 34.4 Å². The van der Waals surface area contributed by atoms with Gasteiger partial charge >= 0.3 is 493 Å². The zero-order valence-corrected chi connectivity index (χ0v) is 61.2. The summed E-state index contributed by atoms with van der Waals surface area (Å²) < 4.78 is 1.10. The van der Waals surface area contributed by atoms with Gasteiger partial charge in [-0.3, -0.25) is 0 Å². The molecule has 0 fully saturated rings. The first-order valence-electron chi connectivity index (χ1n) is 29.9. The predicted molar refractivity (Wildman–Crippen MR) is 365 cm³/mol. The first kappa shape index (κ1) is 60.0. The van der Waals surface area contributed by atoms with Gasteiger partial charge in [0.1, 0.15) is 0 Å². The van der Waals surface area contributed by atoms with Crippen molar-refractivity contribution in [1.29, 1.82) is 0 Å². The Labute approximate surface area is 488 Å². The fraction of sp³-hybridized carbons (Fsp3) is 0.429. The van der Waals surface area contributed by atoms with E-state index in [1.165, 1.54) is 91.6 Å². The van der Waals surface area contributed by atoms with Crippen LogP contribution >= 0.6 is 17.0 Å². The van der Waals surface area contributed by atoms with E-state index in [9.17, 15) is 17.0 Å². The van der Waals surface area contributed by atoms with Crippen molar-refractivity contribution < 1.29 is 16.4 Å². The van der Waals surface area contributed by atoms with Gasteiger partial charge in [-0.05, 0) is 0 Å². The van der Waals surface area contributed by atoms with Gasteiger partial charge in [-0.15, -0.1) is 0 Å². The summed E-state index contributed by atoms with van der Waals surface area (Å²) in [5, 5.41) is 9.22. The Kier molecular flexibility index (Phi) is 16.1. The fourth-order valence-electron chi connectivity index (χ4n) is 13.7. The number of hydrogen-bond donors (Lipinski definition) is 0. The first-order valence-corrected chi connectivity index (χ1v) is 55.8. The number of unbranched alkanes of at least 4 members (excludes halogenated alkanes) is 2. The van der Waals surface area contributed by atoms with Gasteiger partial charge in [-0.1, -0.05) is 0 Å². The van der Waals surface area contributed by atoms with Gasteiger partial charge in [0.2, 0.25) is 0 Å². The summed E-state index contributed by atoms with van der Waals surface area (Å²) in [5.41, 5.74) is 19.4. The van der Waals surface area contributed by atoms with E-state index in [-0.39, 0.29) is 18.1 Å². The van der Waals surface area contributed by atoms with Crippen molar-refractivity contribution in [3.63, 3.8) is 0 Å². The van der Waals surface area contributed by atoms with Crippen molar-refractivity contribution >= 4 is 105 Å². The summed E-state index contributed by atoms with van der Waals surface area (Å²) >= 11 is -5.92. The van der Waals surface area contributed by atoms with E-state index >= 15 is 0 Å². The van der Waals surface area contributed by atoms with Gasteiger partial charge in [0, 0.05) is 0 Å². The van der Waals surface area contributed by atoms with Crippen LogP contribution in [0.3, 0.4) is 0 Å². The van der Waals surface area contributed by atoms with Crippen molar-refractivity contribution in [3.05, 3.63) is 148 Å². The molecule has 2 unspecified atom stereocenters. The normalized spacial score (nSPS) is 17.6. The molecule has 0 bridgehead atoms. The Morgan fingerprint density at radius 2 is 0.859 bits per heavy atom. The summed E-state index contributed by atoms with van der Waals surface area (Å²) in [5.74, 6) is 0. The molecule has 8 heteroatoms. The molecular formula is C70H95Cl2Si5Zr. The predicted octanol–water partition coefficient (Wildman–Crippen LogP) is 17.2. The van der Waals surface area contributed by atoms with Crippen molar-refractivity contribution in [1.82, 2.24) is 0 Å². The molecule has 6 aromatic carbocycles. The Morgan fingerprint density at radius 3 is 1.23 bits per heavy atom. The maximum atomic E-state index is 9.90. The Balaban J connectivity index is 1.45. The van der Waals surface area contributed by atoms with E-state index in [0.717, 1.165) is 38.5 Å². The number of rotatable bonds is 15. The molecule has 0 spiro atoms. The third-order valence-corrected chi connectivity index (χ3v) is 49.0. The molecule has 2 aliphatic carbocycles. The molecule has 0 aromatic heterocycles. The van der Waals surface area contributed by atoms with Crippen LogP contribution in [0, 0.1) is 0 Å². The van der Waals surface area contributed by atoms with Crippen LogP contribution in [0.5, 0.6) is 0 Å². The number of fused-ring (bicyclic) bond motifs is 5. The van der Waals surface area contributed by atoms with Gasteiger partial charge in [0.25, 0.3) is 0 Å². The topological polar surface area (TPSA) is 0 Å². The second-order valence-electron chi connectivity index (χ2n) is 30.4. The van der Waals surface area contributed by atoms with Gasteiger partial charge in [0.05, 0.1) is 0 Å². The summed E-state index contributed by atoms with van der Waals surface area (Å²) in [7, 11) is 11.9. The van der Waals surface area contributed by atoms with E-state index in [4.69, 9.17) is 0 Å². The average Bonchev–Trinajstić information content (AvgIpc) is 4.07. The Bertz CT molecular complexity index is 3170. The van der Waals surface area contributed by atoms with Crippen LogP contribution in [-0.2, 0) is 27.2 Å². The van der Waals surface area contributed by atoms with E-state index in [1.54, 1.807) is 20.7 Å². The SMILES string of the molecule is CCCCC1=Cc2c(ccc(C(C)(C)C)c2-c2cc([Si](C)(C)C)cc([Si](C)(C)C)c2)[CH]1[Zr]([Cl])([Cl])([c]1cccc2c1[SiH2]c1ccccc1-2)[CH]1C(CCCC)=Cc2c1ccc(C(C)(C)C)c2-c1cc([Si](C)(C)C)cc([Si](C)(C)C)c1. The second-order valence-corrected chi connectivity index (χ2v) is 73.1. The molecule has 0 radical (unpaired) electrons. The van der Waals surface area contributed by atoms with E-state index in [1.807, 2.05) is 0 Å². The summed E-state index contributed by atoms with van der Waals surface area (Å²) in [6, 6.07) is 42.3. The van der Waals surface area contributed by atoms with Gasteiger partial charge in [-0.2, -0.15) is 0 Å². The van der Waals surface area contributed by atoms with E-state index in [0.29, 0.717) is 0 Å². The average molecular weight is 1240 g/mol. The molecule has 3 aliphatic rings. The molecule has 1 aliphatic heterocycles. The third-order valence-electron chi connectivity index (χ3n) is 18.2. The fourth-order valence-corrected chi connectivity index (χ4v) is 46.7. The molecule has 0 saturated heterocycles. The van der Waals surface area contributed by atoms with Crippen molar-refractivity contribution in [2.45, 2.75) is 191 Å². The molecule has 78 heavy (non-hydrogen) atoms. The van der Waals surface area contributed by atoms with Crippen LogP contribution in [-0.4, -0.2) is 41.8 Å². The standard InChI is InChI=1S/2C29H43Si2.C12H9Si.2ClH.Zr/c2*1-11-12-13-21-16-22-14-15-27(29(2,3)4)28(26(22)17-21)23-18-24(30(5,6)7)20-25(19-23)31(8,9)10;1-3-7-11-9(5-1)10-6-2-4-8-12(10)13-11;;;/h2*14-20H,11-13H2,1-10H3;1-7H,13H2;2*1H;/q;;;;;+2/p-2. The van der Waals surface area contributed by atoms with Crippen LogP contribution in [0.25, 0.3) is 45.5 Å². The molecule has 0 saturated carbocycles. The van der Waals surface area contributed by atoms with Gasteiger partial charge < -0.3 is 0 Å². The van der Waals surface area contributed by atoms with Crippen molar-refractivity contribution in [3.8, 4) is 33.4 Å². The minimum atomic E-state index is -5.92.